The summed E-state index contributed by atoms with van der Waals surface area (Å²) in [6.07, 6.45) is 2.11. The van der Waals surface area contributed by atoms with Crippen LogP contribution in [0.5, 0.6) is 0 Å². The summed E-state index contributed by atoms with van der Waals surface area (Å²) in [5.74, 6) is 0.106. The number of oxime groups is 1. The number of amides is 2. The molecule has 0 radical (unpaired) electrons. The molecule has 1 saturated carbocycles. The second-order valence-electron chi connectivity index (χ2n) is 4.47. The zero-order valence-electron chi connectivity index (χ0n) is 9.08. The van der Waals surface area contributed by atoms with Crippen molar-refractivity contribution >= 4 is 11.9 Å². The van der Waals surface area contributed by atoms with E-state index in [-0.39, 0.29) is 11.9 Å². The summed E-state index contributed by atoms with van der Waals surface area (Å²) < 4.78 is 0. The molecule has 2 amide bonds. The third-order valence-corrected chi connectivity index (χ3v) is 2.40. The van der Waals surface area contributed by atoms with Crippen molar-refractivity contribution in [2.75, 3.05) is 6.54 Å². The van der Waals surface area contributed by atoms with E-state index in [9.17, 15) is 4.79 Å². The predicted molar refractivity (Wildman–Crippen MR) is 56.7 cm³/mol. The smallest absolute Gasteiger partial charge is 0.315 e. The van der Waals surface area contributed by atoms with E-state index in [1.165, 1.54) is 0 Å². The predicted octanol–water partition coefficient (Wildman–Crippen LogP) is 0.221. The highest BCUT2D eigenvalue weighted by atomic mass is 16.4. The van der Waals surface area contributed by atoms with Gasteiger partial charge in [-0.25, -0.2) is 4.79 Å². The lowest BCUT2D eigenvalue weighted by molar-refractivity contribution is 0.237. The fourth-order valence-corrected chi connectivity index (χ4v) is 0.991. The van der Waals surface area contributed by atoms with E-state index in [0.717, 1.165) is 12.8 Å². The molecule has 0 aliphatic heterocycles. The molecule has 0 unspecified atom stereocenters. The Labute approximate surface area is 88.9 Å². The first-order chi connectivity index (χ1) is 6.95. The number of hydrogen-bond acceptors (Lipinski definition) is 3. The van der Waals surface area contributed by atoms with Gasteiger partial charge >= 0.3 is 6.03 Å². The summed E-state index contributed by atoms with van der Waals surface area (Å²) in [6.45, 7) is 3.92. The van der Waals surface area contributed by atoms with E-state index in [0.29, 0.717) is 12.6 Å². The highest BCUT2D eigenvalue weighted by Gasteiger charge is 2.26. The summed E-state index contributed by atoms with van der Waals surface area (Å²) in [5, 5.41) is 16.9. The van der Waals surface area contributed by atoms with Gasteiger partial charge in [0.1, 0.15) is 5.84 Å². The lowest BCUT2D eigenvalue weighted by Crippen LogP contribution is -2.46. The Hall–Kier alpha value is -1.46. The fraction of sp³-hybridized carbons (Fsp3) is 0.778. The van der Waals surface area contributed by atoms with Crippen LogP contribution < -0.4 is 16.4 Å². The van der Waals surface area contributed by atoms with Gasteiger partial charge in [-0.2, -0.15) is 0 Å². The second-order valence-corrected chi connectivity index (χ2v) is 4.47. The number of carbonyl (C=O) groups is 1. The van der Waals surface area contributed by atoms with Crippen molar-refractivity contribution in [2.24, 2.45) is 16.3 Å². The quantitative estimate of drug-likeness (QED) is 0.233. The first kappa shape index (κ1) is 11.6. The molecule has 0 atom stereocenters. The van der Waals surface area contributed by atoms with Crippen LogP contribution >= 0.6 is 0 Å². The molecule has 1 fully saturated rings. The van der Waals surface area contributed by atoms with Gasteiger partial charge in [0.2, 0.25) is 0 Å². The van der Waals surface area contributed by atoms with Gasteiger partial charge in [0.15, 0.2) is 0 Å². The Morgan fingerprint density at radius 2 is 2.20 bits per heavy atom. The molecule has 0 aromatic heterocycles. The third kappa shape index (κ3) is 3.65. The van der Waals surface area contributed by atoms with Gasteiger partial charge in [0.25, 0.3) is 0 Å². The number of nitrogens with zero attached hydrogens (tertiary/aromatic N) is 1. The minimum absolute atomic E-state index is 0.106. The van der Waals surface area contributed by atoms with Crippen molar-refractivity contribution in [3.63, 3.8) is 0 Å². The van der Waals surface area contributed by atoms with E-state index < -0.39 is 5.41 Å². The highest BCUT2D eigenvalue weighted by molar-refractivity contribution is 5.86. The average molecular weight is 214 g/mol. The standard InChI is InChI=1S/C9H18N4O2/c1-9(2,7(10)13-15)5-11-8(14)12-6-3-4-6/h6,15H,3-5H2,1-2H3,(H2,10,13)(H2,11,12,14). The topological polar surface area (TPSA) is 99.7 Å². The maximum Gasteiger partial charge on any atom is 0.315 e. The molecule has 86 valence electrons. The highest BCUT2D eigenvalue weighted by Crippen LogP contribution is 2.18. The van der Waals surface area contributed by atoms with Crippen LogP contribution in [-0.4, -0.2) is 29.7 Å². The largest absolute Gasteiger partial charge is 0.409 e. The lowest BCUT2D eigenvalue weighted by atomic mass is 9.92. The molecule has 1 rings (SSSR count). The minimum atomic E-state index is -0.546. The number of nitrogens with one attached hydrogen (secondary N) is 2. The first-order valence-corrected chi connectivity index (χ1v) is 4.98. The van der Waals surface area contributed by atoms with Crippen molar-refractivity contribution in [1.82, 2.24) is 10.6 Å². The molecule has 0 saturated heterocycles. The van der Waals surface area contributed by atoms with Crippen LogP contribution in [0.2, 0.25) is 0 Å². The van der Waals surface area contributed by atoms with Gasteiger partial charge in [-0.1, -0.05) is 19.0 Å². The Morgan fingerprint density at radius 3 is 2.67 bits per heavy atom. The van der Waals surface area contributed by atoms with E-state index >= 15 is 0 Å². The van der Waals surface area contributed by atoms with Crippen LogP contribution in [0.4, 0.5) is 4.79 Å². The molecule has 0 aromatic carbocycles. The SMILES string of the molecule is CC(C)(CNC(=O)NC1CC1)C(N)=NO. The number of carbonyl (C=O) groups excluding carboxylic acids is 1. The van der Waals surface area contributed by atoms with E-state index in [1.54, 1.807) is 13.8 Å². The molecule has 6 nitrogen and oxygen atoms in total. The van der Waals surface area contributed by atoms with Gasteiger partial charge < -0.3 is 21.6 Å². The Balaban J connectivity index is 2.30. The van der Waals surface area contributed by atoms with Gasteiger partial charge in [-0.05, 0) is 12.8 Å². The number of amidine groups is 1. The van der Waals surface area contributed by atoms with Crippen molar-refractivity contribution < 1.29 is 10.0 Å². The lowest BCUT2D eigenvalue weighted by Gasteiger charge is -2.23. The maximum absolute atomic E-state index is 11.3. The molecule has 0 aromatic rings. The van der Waals surface area contributed by atoms with Crippen molar-refractivity contribution in [2.45, 2.75) is 32.7 Å². The fourth-order valence-electron chi connectivity index (χ4n) is 0.991. The Bertz CT molecular complexity index is 271. The first-order valence-electron chi connectivity index (χ1n) is 4.98. The van der Waals surface area contributed by atoms with Crippen molar-refractivity contribution in [1.29, 1.82) is 0 Å². The Kier molecular flexibility index (Phi) is 3.39. The van der Waals surface area contributed by atoms with E-state index in [2.05, 4.69) is 15.8 Å². The average Bonchev–Trinajstić information content (AvgIpc) is 2.97. The van der Waals surface area contributed by atoms with Gasteiger partial charge in [0, 0.05) is 18.0 Å². The van der Waals surface area contributed by atoms with Crippen LogP contribution in [0.1, 0.15) is 26.7 Å². The van der Waals surface area contributed by atoms with Crippen LogP contribution in [0, 0.1) is 5.41 Å². The monoisotopic (exact) mass is 214 g/mol. The molecule has 0 heterocycles. The van der Waals surface area contributed by atoms with Crippen molar-refractivity contribution in [3.8, 4) is 0 Å². The minimum Gasteiger partial charge on any atom is -0.409 e. The van der Waals surface area contributed by atoms with Gasteiger partial charge in [0.05, 0.1) is 0 Å². The zero-order valence-corrected chi connectivity index (χ0v) is 9.08. The molecule has 6 heteroatoms. The summed E-state index contributed by atoms with van der Waals surface area (Å²) in [5.41, 5.74) is 4.93. The maximum atomic E-state index is 11.3. The van der Waals surface area contributed by atoms with Crippen LogP contribution in [0.25, 0.3) is 0 Å². The second kappa shape index (κ2) is 4.37. The zero-order chi connectivity index (χ0) is 11.5. The summed E-state index contributed by atoms with van der Waals surface area (Å²) >= 11 is 0. The van der Waals surface area contributed by atoms with Crippen LogP contribution in [0.3, 0.4) is 0 Å². The number of urea groups is 1. The molecule has 1 aliphatic carbocycles. The van der Waals surface area contributed by atoms with E-state index in [1.807, 2.05) is 0 Å². The molecule has 15 heavy (non-hydrogen) atoms. The van der Waals surface area contributed by atoms with Crippen LogP contribution in [0.15, 0.2) is 5.16 Å². The summed E-state index contributed by atoms with van der Waals surface area (Å²) in [6, 6.07) is 0.133. The molecule has 5 N–H and O–H groups in total. The van der Waals surface area contributed by atoms with Gasteiger partial charge in [-0.15, -0.1) is 0 Å². The molecule has 0 spiro atoms. The number of nitrogens with two attached hydrogens (primary N) is 1. The third-order valence-electron chi connectivity index (χ3n) is 2.40. The normalized spacial score (nSPS) is 17.3. The van der Waals surface area contributed by atoms with E-state index in [4.69, 9.17) is 10.9 Å². The molecular formula is C9H18N4O2. The molecular weight excluding hydrogens is 196 g/mol. The molecule has 0 bridgehead atoms. The summed E-state index contributed by atoms with van der Waals surface area (Å²) in [7, 11) is 0. The Morgan fingerprint density at radius 1 is 1.60 bits per heavy atom. The summed E-state index contributed by atoms with van der Waals surface area (Å²) in [4.78, 5) is 11.3. The number of hydrogen-bond donors (Lipinski definition) is 4. The van der Waals surface area contributed by atoms with Gasteiger partial charge in [-0.3, -0.25) is 0 Å². The van der Waals surface area contributed by atoms with Crippen molar-refractivity contribution in [3.05, 3.63) is 0 Å². The number of rotatable bonds is 4. The molecule has 1 aliphatic rings. The van der Waals surface area contributed by atoms with Crippen LogP contribution in [-0.2, 0) is 0 Å².